The van der Waals surface area contributed by atoms with Gasteiger partial charge >= 0.3 is 0 Å². The van der Waals surface area contributed by atoms with Gasteiger partial charge in [0.1, 0.15) is 0 Å². The van der Waals surface area contributed by atoms with E-state index < -0.39 is 0 Å². The summed E-state index contributed by atoms with van der Waals surface area (Å²) in [4.78, 5) is 0. The Morgan fingerprint density at radius 3 is 1.14 bits per heavy atom. The van der Waals surface area contributed by atoms with Gasteiger partial charge in [-0.1, -0.05) is 127 Å². The normalized spacial score (nSPS) is 13.6. The van der Waals surface area contributed by atoms with Crippen LogP contribution in [0.4, 0.5) is 0 Å². The summed E-state index contributed by atoms with van der Waals surface area (Å²) < 4.78 is 4.85. The number of nitrogens with zero attached hydrogens (tertiary/aromatic N) is 2. The molecule has 2 heterocycles. The third kappa shape index (κ3) is 3.32. The van der Waals surface area contributed by atoms with Crippen molar-refractivity contribution in [3.63, 3.8) is 0 Å². The van der Waals surface area contributed by atoms with Crippen molar-refractivity contribution in [1.29, 1.82) is 0 Å². The molecule has 0 saturated carbocycles. The zero-order chi connectivity index (χ0) is 33.3. The lowest BCUT2D eigenvalue weighted by Gasteiger charge is -2.30. The molecule has 0 aliphatic heterocycles. The minimum absolute atomic E-state index is 0.361. The van der Waals surface area contributed by atoms with E-state index in [2.05, 4.69) is 191 Å². The predicted octanol–water partition coefficient (Wildman–Crippen LogP) is 12.2. The zero-order valence-corrected chi connectivity index (χ0v) is 27.7. The average Bonchev–Trinajstić information content (AvgIpc) is 3.89. The molecule has 8 aromatic carbocycles. The first-order valence-corrected chi connectivity index (χ1v) is 17.8. The Morgan fingerprint density at radius 2 is 0.647 bits per heavy atom. The van der Waals surface area contributed by atoms with Gasteiger partial charge in [-0.15, -0.1) is 0 Å². The monoisotopic (exact) mass is 646 g/mol. The highest BCUT2D eigenvalue weighted by Crippen LogP contribution is 2.63. The molecule has 2 nitrogen and oxygen atoms in total. The van der Waals surface area contributed by atoms with Crippen molar-refractivity contribution < 1.29 is 0 Å². The van der Waals surface area contributed by atoms with E-state index in [1.165, 1.54) is 88.1 Å². The van der Waals surface area contributed by atoms with Crippen molar-refractivity contribution in [3.8, 4) is 33.6 Å². The first-order valence-electron chi connectivity index (χ1n) is 17.8. The van der Waals surface area contributed by atoms with Crippen molar-refractivity contribution in [1.82, 2.24) is 9.13 Å². The Balaban J connectivity index is 1.12. The Bertz CT molecular complexity index is 2980. The van der Waals surface area contributed by atoms with Gasteiger partial charge in [0.15, 0.2) is 0 Å². The summed E-state index contributed by atoms with van der Waals surface area (Å²) in [5, 5.41) is 5.11. The van der Waals surface area contributed by atoms with Gasteiger partial charge in [-0.3, -0.25) is 0 Å². The number of hydrogen-bond acceptors (Lipinski definition) is 0. The molecular formula is C49H30N2. The molecule has 0 bridgehead atoms. The van der Waals surface area contributed by atoms with E-state index in [0.29, 0.717) is 0 Å². The number of hydrogen-bond donors (Lipinski definition) is 0. The van der Waals surface area contributed by atoms with Crippen LogP contribution in [0.1, 0.15) is 22.3 Å². The molecule has 2 aliphatic carbocycles. The first-order chi connectivity index (χ1) is 25.3. The SMILES string of the molecule is c1ccc2c(c1)-c1ccccc1C21c2ccccc2-c2cc3c(cc21)c1ccccc1n3-c1ccc(-n2c3ccccc3c3ccccc32)cc1. The molecule has 1 spiro atoms. The third-order valence-corrected chi connectivity index (χ3v) is 11.7. The largest absolute Gasteiger partial charge is 0.309 e. The van der Waals surface area contributed by atoms with Crippen molar-refractivity contribution >= 4 is 43.6 Å². The Kier molecular flexibility index (Phi) is 5.20. The van der Waals surface area contributed by atoms with Gasteiger partial charge in [0.05, 0.1) is 27.5 Å². The minimum Gasteiger partial charge on any atom is -0.309 e. The summed E-state index contributed by atoms with van der Waals surface area (Å²) in [5.41, 5.74) is 17.6. The number of para-hydroxylation sites is 3. The van der Waals surface area contributed by atoms with Crippen molar-refractivity contribution in [2.45, 2.75) is 5.41 Å². The highest BCUT2D eigenvalue weighted by atomic mass is 15.0. The van der Waals surface area contributed by atoms with Crippen LogP contribution in [0.15, 0.2) is 182 Å². The van der Waals surface area contributed by atoms with Crippen LogP contribution >= 0.6 is 0 Å². The molecule has 2 aromatic heterocycles. The zero-order valence-electron chi connectivity index (χ0n) is 27.7. The Morgan fingerprint density at radius 1 is 0.275 bits per heavy atom. The second-order valence-electron chi connectivity index (χ2n) is 14.0. The molecule has 0 N–H and O–H groups in total. The average molecular weight is 647 g/mol. The van der Waals surface area contributed by atoms with E-state index >= 15 is 0 Å². The maximum atomic E-state index is 2.52. The molecular weight excluding hydrogens is 617 g/mol. The molecule has 0 fully saturated rings. The van der Waals surface area contributed by atoms with Crippen LogP contribution < -0.4 is 0 Å². The minimum atomic E-state index is -0.361. The molecule has 0 radical (unpaired) electrons. The smallest absolute Gasteiger partial charge is 0.0725 e. The number of rotatable bonds is 2. The summed E-state index contributed by atoms with van der Waals surface area (Å²) in [6.07, 6.45) is 0. The molecule has 2 heteroatoms. The summed E-state index contributed by atoms with van der Waals surface area (Å²) in [7, 11) is 0. The lowest BCUT2D eigenvalue weighted by molar-refractivity contribution is 0.795. The number of aromatic nitrogens is 2. The van der Waals surface area contributed by atoms with Crippen LogP contribution in [0.3, 0.4) is 0 Å². The Labute approximate surface area is 295 Å². The quantitative estimate of drug-likeness (QED) is 0.177. The second kappa shape index (κ2) is 9.74. The predicted molar refractivity (Wildman–Crippen MR) is 211 cm³/mol. The number of benzene rings is 8. The highest BCUT2D eigenvalue weighted by Gasteiger charge is 2.51. The van der Waals surface area contributed by atoms with E-state index in [0.717, 1.165) is 11.4 Å². The summed E-state index contributed by atoms with van der Waals surface area (Å²) in [6.45, 7) is 0. The molecule has 236 valence electrons. The van der Waals surface area contributed by atoms with E-state index in [1.54, 1.807) is 0 Å². The van der Waals surface area contributed by atoms with E-state index in [4.69, 9.17) is 0 Å². The fraction of sp³-hybridized carbons (Fsp3) is 0.0204. The number of fused-ring (bicyclic) bond motifs is 16. The fourth-order valence-corrected chi connectivity index (χ4v) is 9.78. The van der Waals surface area contributed by atoms with Gasteiger partial charge in [0.2, 0.25) is 0 Å². The molecule has 0 unspecified atom stereocenters. The van der Waals surface area contributed by atoms with Crippen LogP contribution in [-0.2, 0) is 5.41 Å². The molecule has 0 saturated heterocycles. The van der Waals surface area contributed by atoms with Gasteiger partial charge in [-0.25, -0.2) is 0 Å². The lowest BCUT2D eigenvalue weighted by atomic mass is 9.70. The van der Waals surface area contributed by atoms with Gasteiger partial charge in [0, 0.05) is 32.9 Å². The van der Waals surface area contributed by atoms with Crippen LogP contribution in [0, 0.1) is 0 Å². The third-order valence-electron chi connectivity index (χ3n) is 11.7. The van der Waals surface area contributed by atoms with E-state index in [1.807, 2.05) is 0 Å². The fourth-order valence-electron chi connectivity index (χ4n) is 9.78. The van der Waals surface area contributed by atoms with Crippen molar-refractivity contribution in [3.05, 3.63) is 204 Å². The van der Waals surface area contributed by atoms with Crippen LogP contribution in [-0.4, -0.2) is 9.13 Å². The highest BCUT2D eigenvalue weighted by molar-refractivity contribution is 6.13. The van der Waals surface area contributed by atoms with Crippen LogP contribution in [0.25, 0.3) is 77.2 Å². The summed E-state index contributed by atoms with van der Waals surface area (Å²) >= 11 is 0. The van der Waals surface area contributed by atoms with Gasteiger partial charge in [-0.05, 0) is 99.1 Å². The summed E-state index contributed by atoms with van der Waals surface area (Å²) in [6, 6.07) is 67.6. The van der Waals surface area contributed by atoms with Crippen molar-refractivity contribution in [2.24, 2.45) is 0 Å². The van der Waals surface area contributed by atoms with Crippen LogP contribution in [0.2, 0.25) is 0 Å². The molecule has 12 rings (SSSR count). The van der Waals surface area contributed by atoms with E-state index in [-0.39, 0.29) is 5.41 Å². The van der Waals surface area contributed by atoms with Gasteiger partial charge in [0.25, 0.3) is 0 Å². The first kappa shape index (κ1) is 27.2. The standard InChI is InChI=1S/C49H30N2/c1-7-19-41-33(13-1)34-14-2-8-20-42(34)49(41)43-21-9-3-15-35(43)39-30-48-40(29-44(39)49)38-18-6-12-24-47(38)51(48)32-27-25-31(26-28-32)50-45-22-10-4-16-36(45)37-17-5-11-23-46(37)50/h1-30H. The molecule has 0 amide bonds. The molecule has 10 aromatic rings. The molecule has 2 aliphatic rings. The summed E-state index contributed by atoms with van der Waals surface area (Å²) in [5.74, 6) is 0. The Hall–Kier alpha value is -6.64. The molecule has 0 atom stereocenters. The van der Waals surface area contributed by atoms with Crippen LogP contribution in [0.5, 0.6) is 0 Å². The second-order valence-corrected chi connectivity index (χ2v) is 14.0. The maximum absolute atomic E-state index is 2.52. The lowest BCUT2D eigenvalue weighted by Crippen LogP contribution is -2.25. The van der Waals surface area contributed by atoms with E-state index in [9.17, 15) is 0 Å². The maximum Gasteiger partial charge on any atom is 0.0725 e. The van der Waals surface area contributed by atoms with Gasteiger partial charge in [-0.2, -0.15) is 0 Å². The topological polar surface area (TPSA) is 9.86 Å². The molecule has 51 heavy (non-hydrogen) atoms. The van der Waals surface area contributed by atoms with Crippen molar-refractivity contribution in [2.75, 3.05) is 0 Å². The van der Waals surface area contributed by atoms with Gasteiger partial charge < -0.3 is 9.13 Å².